The number of ether oxygens (including phenoxy) is 2. The van der Waals surface area contributed by atoms with Gasteiger partial charge in [-0.05, 0) is 19.1 Å². The molecule has 3 rings (SSSR count). The standard InChI is InChI=1S/C14H15N3O4/c1-8-15-7-12-17(8)16-13(21-12)10-5-4-9(14(18)20-3)6-11(10)19-2/h4-7,14,18H,1-3H3. The fourth-order valence-corrected chi connectivity index (χ4v) is 2.10. The van der Waals surface area contributed by atoms with Gasteiger partial charge in [0.15, 0.2) is 6.29 Å². The SMILES string of the molecule is COc1cc(C(O)OC)ccc1-c1nn2c(C)ncc2o1. The summed E-state index contributed by atoms with van der Waals surface area (Å²) < 4.78 is 17.5. The molecule has 1 N–H and O–H groups in total. The van der Waals surface area contributed by atoms with Gasteiger partial charge in [0.2, 0.25) is 11.6 Å². The molecule has 7 nitrogen and oxygen atoms in total. The average Bonchev–Trinajstić information content (AvgIpc) is 3.08. The van der Waals surface area contributed by atoms with Crippen molar-refractivity contribution in [2.75, 3.05) is 14.2 Å². The van der Waals surface area contributed by atoms with Gasteiger partial charge >= 0.3 is 0 Å². The van der Waals surface area contributed by atoms with E-state index >= 15 is 0 Å². The van der Waals surface area contributed by atoms with Gasteiger partial charge < -0.3 is 19.0 Å². The second-order valence-electron chi connectivity index (χ2n) is 4.51. The lowest BCUT2D eigenvalue weighted by atomic mass is 10.1. The van der Waals surface area contributed by atoms with Gasteiger partial charge in [-0.2, -0.15) is 4.52 Å². The lowest BCUT2D eigenvalue weighted by molar-refractivity contribution is -0.0770. The Bertz CT molecular complexity index is 778. The van der Waals surface area contributed by atoms with Crippen molar-refractivity contribution in [1.29, 1.82) is 0 Å². The topological polar surface area (TPSA) is 82.0 Å². The molecule has 1 atom stereocenters. The summed E-state index contributed by atoms with van der Waals surface area (Å²) in [7, 11) is 2.97. The van der Waals surface area contributed by atoms with Crippen molar-refractivity contribution in [3.63, 3.8) is 0 Å². The van der Waals surface area contributed by atoms with E-state index in [-0.39, 0.29) is 0 Å². The van der Waals surface area contributed by atoms with Gasteiger partial charge in [-0.25, -0.2) is 4.98 Å². The molecule has 0 radical (unpaired) electrons. The van der Waals surface area contributed by atoms with Gasteiger partial charge in [-0.3, -0.25) is 0 Å². The van der Waals surface area contributed by atoms with Gasteiger partial charge in [-0.15, -0.1) is 5.10 Å². The maximum atomic E-state index is 9.70. The van der Waals surface area contributed by atoms with Crippen LogP contribution in [0.4, 0.5) is 0 Å². The number of aliphatic hydroxyl groups is 1. The molecule has 2 aromatic heterocycles. The number of fused-ring (bicyclic) bond motifs is 1. The maximum absolute atomic E-state index is 9.70. The van der Waals surface area contributed by atoms with Crippen LogP contribution in [-0.2, 0) is 4.74 Å². The van der Waals surface area contributed by atoms with E-state index in [0.29, 0.717) is 28.5 Å². The summed E-state index contributed by atoms with van der Waals surface area (Å²) in [5.41, 5.74) is 1.84. The quantitative estimate of drug-likeness (QED) is 0.739. The van der Waals surface area contributed by atoms with E-state index in [4.69, 9.17) is 13.9 Å². The molecule has 1 unspecified atom stereocenters. The Morgan fingerprint density at radius 2 is 2.14 bits per heavy atom. The van der Waals surface area contributed by atoms with Crippen molar-refractivity contribution in [3.05, 3.63) is 35.8 Å². The average molecular weight is 289 g/mol. The first-order chi connectivity index (χ1) is 10.1. The number of aliphatic hydroxyl groups excluding tert-OH is 1. The molecule has 0 fully saturated rings. The molecule has 0 spiro atoms. The Morgan fingerprint density at radius 3 is 2.81 bits per heavy atom. The minimum absolute atomic E-state index is 0.422. The molecule has 7 heteroatoms. The van der Waals surface area contributed by atoms with Crippen molar-refractivity contribution in [2.45, 2.75) is 13.2 Å². The van der Waals surface area contributed by atoms with E-state index in [0.717, 1.165) is 5.82 Å². The van der Waals surface area contributed by atoms with Crippen LogP contribution in [0.15, 0.2) is 28.8 Å². The molecule has 0 saturated carbocycles. The summed E-state index contributed by atoms with van der Waals surface area (Å²) >= 11 is 0. The zero-order chi connectivity index (χ0) is 15.0. The van der Waals surface area contributed by atoms with E-state index < -0.39 is 6.29 Å². The molecule has 0 amide bonds. The third-order valence-corrected chi connectivity index (χ3v) is 3.23. The first-order valence-electron chi connectivity index (χ1n) is 6.34. The molecular formula is C14H15N3O4. The zero-order valence-electron chi connectivity index (χ0n) is 11.9. The number of methoxy groups -OCH3 is 2. The highest BCUT2D eigenvalue weighted by molar-refractivity contribution is 5.64. The monoisotopic (exact) mass is 289 g/mol. The van der Waals surface area contributed by atoms with E-state index in [9.17, 15) is 5.11 Å². The van der Waals surface area contributed by atoms with Gasteiger partial charge in [0.05, 0.1) is 18.9 Å². The van der Waals surface area contributed by atoms with Gasteiger partial charge in [-0.1, -0.05) is 6.07 Å². The van der Waals surface area contributed by atoms with Crippen LogP contribution in [0.2, 0.25) is 0 Å². The highest BCUT2D eigenvalue weighted by Crippen LogP contribution is 2.32. The highest BCUT2D eigenvalue weighted by Gasteiger charge is 2.17. The van der Waals surface area contributed by atoms with E-state index in [2.05, 4.69) is 10.1 Å². The van der Waals surface area contributed by atoms with Gasteiger partial charge in [0, 0.05) is 12.7 Å². The van der Waals surface area contributed by atoms with Crippen LogP contribution in [0.3, 0.4) is 0 Å². The fourth-order valence-electron chi connectivity index (χ4n) is 2.10. The molecule has 0 saturated heterocycles. The van der Waals surface area contributed by atoms with Crippen LogP contribution in [0, 0.1) is 6.92 Å². The fraction of sp³-hybridized carbons (Fsp3) is 0.286. The van der Waals surface area contributed by atoms with E-state index in [1.807, 2.05) is 6.92 Å². The summed E-state index contributed by atoms with van der Waals surface area (Å²) in [6, 6.07) is 5.19. The molecule has 21 heavy (non-hydrogen) atoms. The molecule has 3 aromatic rings. The number of aryl methyl sites for hydroxylation is 1. The third-order valence-electron chi connectivity index (χ3n) is 3.23. The molecule has 0 bridgehead atoms. The molecular weight excluding hydrogens is 274 g/mol. The molecule has 0 aliphatic rings. The van der Waals surface area contributed by atoms with Crippen LogP contribution in [-0.4, -0.2) is 33.9 Å². The van der Waals surface area contributed by atoms with Gasteiger partial charge in [0.1, 0.15) is 11.6 Å². The summed E-state index contributed by atoms with van der Waals surface area (Å²) in [6.07, 6.45) is 0.612. The second kappa shape index (κ2) is 5.19. The van der Waals surface area contributed by atoms with Crippen LogP contribution < -0.4 is 4.74 Å². The van der Waals surface area contributed by atoms with Crippen LogP contribution in [0.5, 0.6) is 5.75 Å². The minimum atomic E-state index is -1.00. The lowest BCUT2D eigenvalue weighted by Crippen LogP contribution is -2.00. The van der Waals surface area contributed by atoms with Crippen molar-refractivity contribution in [2.24, 2.45) is 0 Å². The number of imidazole rings is 1. The van der Waals surface area contributed by atoms with Crippen LogP contribution >= 0.6 is 0 Å². The summed E-state index contributed by atoms with van der Waals surface area (Å²) in [5, 5.41) is 14.1. The number of rotatable bonds is 4. The summed E-state index contributed by atoms with van der Waals surface area (Å²) in [4.78, 5) is 4.11. The van der Waals surface area contributed by atoms with E-state index in [1.165, 1.54) is 7.11 Å². The number of aromatic nitrogens is 3. The maximum Gasteiger partial charge on any atom is 0.250 e. The molecule has 110 valence electrons. The lowest BCUT2D eigenvalue weighted by Gasteiger charge is -2.11. The molecule has 2 heterocycles. The number of nitrogens with zero attached hydrogens (tertiary/aromatic N) is 3. The molecule has 1 aromatic carbocycles. The van der Waals surface area contributed by atoms with Crippen molar-refractivity contribution < 1.29 is 19.0 Å². The Morgan fingerprint density at radius 1 is 1.33 bits per heavy atom. The molecule has 0 aliphatic heterocycles. The van der Waals surface area contributed by atoms with Crippen LogP contribution in [0.1, 0.15) is 17.7 Å². The summed E-state index contributed by atoms with van der Waals surface area (Å²) in [5.74, 6) is 1.70. The van der Waals surface area contributed by atoms with Crippen molar-refractivity contribution in [1.82, 2.24) is 14.6 Å². The first kappa shape index (κ1) is 13.6. The smallest absolute Gasteiger partial charge is 0.250 e. The number of hydrogen-bond donors (Lipinski definition) is 1. The summed E-state index contributed by atoms with van der Waals surface area (Å²) in [6.45, 7) is 1.84. The van der Waals surface area contributed by atoms with Crippen LogP contribution in [0.25, 0.3) is 17.2 Å². The molecule has 0 aliphatic carbocycles. The second-order valence-corrected chi connectivity index (χ2v) is 4.51. The zero-order valence-corrected chi connectivity index (χ0v) is 11.9. The normalized spacial score (nSPS) is 12.8. The Balaban J connectivity index is 2.08. The largest absolute Gasteiger partial charge is 0.496 e. The van der Waals surface area contributed by atoms with E-state index in [1.54, 1.807) is 36.0 Å². The predicted molar refractivity (Wildman–Crippen MR) is 73.9 cm³/mol. The Hall–Kier alpha value is -2.38. The minimum Gasteiger partial charge on any atom is -0.496 e. The Labute approximate surface area is 120 Å². The number of benzene rings is 1. The first-order valence-corrected chi connectivity index (χ1v) is 6.34. The Kier molecular flexibility index (Phi) is 3.36. The third kappa shape index (κ3) is 2.26. The van der Waals surface area contributed by atoms with Gasteiger partial charge in [0.25, 0.3) is 0 Å². The predicted octanol–water partition coefficient (Wildman–Crippen LogP) is 1.94. The van der Waals surface area contributed by atoms with Crippen molar-refractivity contribution >= 4 is 5.71 Å². The van der Waals surface area contributed by atoms with Crippen molar-refractivity contribution in [3.8, 4) is 17.2 Å². The highest BCUT2D eigenvalue weighted by atomic mass is 16.6. The number of hydrogen-bond acceptors (Lipinski definition) is 6.